The number of carbonyl (C=O) groups excluding carboxylic acids is 2. The predicted molar refractivity (Wildman–Crippen MR) is 64.6 cm³/mol. The van der Waals surface area contributed by atoms with Crippen molar-refractivity contribution in [2.24, 2.45) is 5.92 Å². The molecule has 2 amide bonds. The van der Waals surface area contributed by atoms with E-state index in [1.807, 2.05) is 0 Å². The van der Waals surface area contributed by atoms with Crippen LogP contribution in [0, 0.1) is 5.92 Å². The number of hydrogen-bond acceptors (Lipinski definition) is 3. The number of nitrogens with one attached hydrogen (secondary N) is 1. The fourth-order valence-electron chi connectivity index (χ4n) is 1.94. The molecule has 0 aromatic rings. The van der Waals surface area contributed by atoms with Gasteiger partial charge in [-0.3, -0.25) is 4.79 Å². The van der Waals surface area contributed by atoms with E-state index < -0.39 is 0 Å². The van der Waals surface area contributed by atoms with E-state index in [1.165, 1.54) is 6.42 Å². The van der Waals surface area contributed by atoms with Crippen molar-refractivity contribution in [2.45, 2.75) is 33.1 Å². The van der Waals surface area contributed by atoms with Crippen molar-refractivity contribution >= 4 is 12.0 Å². The highest BCUT2D eigenvalue weighted by Gasteiger charge is 2.18. The van der Waals surface area contributed by atoms with Crippen LogP contribution in [0.15, 0.2) is 0 Å². The van der Waals surface area contributed by atoms with Crippen LogP contribution in [0.1, 0.15) is 33.1 Å². The first-order valence-corrected chi connectivity index (χ1v) is 6.32. The number of rotatable bonds is 3. The van der Waals surface area contributed by atoms with Crippen LogP contribution in [0.2, 0.25) is 0 Å². The second kappa shape index (κ2) is 7.14. The van der Waals surface area contributed by atoms with Gasteiger partial charge in [0.25, 0.3) is 0 Å². The molecule has 1 atom stereocenters. The maximum Gasteiger partial charge on any atom is 0.325 e. The Morgan fingerprint density at radius 3 is 2.82 bits per heavy atom. The average molecular weight is 242 g/mol. The summed E-state index contributed by atoms with van der Waals surface area (Å²) < 4.78 is 4.75. The van der Waals surface area contributed by atoms with Gasteiger partial charge in [0.05, 0.1) is 6.61 Å². The third-order valence-corrected chi connectivity index (χ3v) is 2.99. The lowest BCUT2D eigenvalue weighted by molar-refractivity contribution is -0.141. The number of hydrogen-bond donors (Lipinski definition) is 1. The van der Waals surface area contributed by atoms with Crippen LogP contribution >= 0.6 is 0 Å². The summed E-state index contributed by atoms with van der Waals surface area (Å²) in [6.07, 6.45) is 3.24. The van der Waals surface area contributed by atoms with Gasteiger partial charge in [0.1, 0.15) is 6.54 Å². The zero-order chi connectivity index (χ0) is 12.7. The van der Waals surface area contributed by atoms with Crippen LogP contribution < -0.4 is 5.32 Å². The number of esters is 1. The van der Waals surface area contributed by atoms with Crippen LogP contribution in [-0.2, 0) is 9.53 Å². The van der Waals surface area contributed by atoms with E-state index in [1.54, 1.807) is 11.8 Å². The first kappa shape index (κ1) is 13.8. The molecule has 0 saturated carbocycles. The Morgan fingerprint density at radius 2 is 2.12 bits per heavy atom. The van der Waals surface area contributed by atoms with Gasteiger partial charge in [0, 0.05) is 13.1 Å². The molecule has 1 aliphatic rings. The Hall–Kier alpha value is -1.26. The summed E-state index contributed by atoms with van der Waals surface area (Å²) in [5.41, 5.74) is 0. The minimum absolute atomic E-state index is 0.0429. The molecule has 0 spiro atoms. The standard InChI is InChI=1S/C12H22N2O3/c1-3-17-11(15)9-13-12(16)14-7-4-5-10(2)6-8-14/h10H,3-9H2,1-2H3,(H,13,16). The predicted octanol–water partition coefficient (Wildman–Crippen LogP) is 1.38. The van der Waals surface area contributed by atoms with Crippen molar-refractivity contribution in [2.75, 3.05) is 26.2 Å². The summed E-state index contributed by atoms with van der Waals surface area (Å²) in [5, 5.41) is 2.59. The number of carbonyl (C=O) groups is 2. The van der Waals surface area contributed by atoms with Gasteiger partial charge in [-0.25, -0.2) is 4.79 Å². The van der Waals surface area contributed by atoms with E-state index >= 15 is 0 Å². The van der Waals surface area contributed by atoms with Crippen molar-refractivity contribution < 1.29 is 14.3 Å². The van der Waals surface area contributed by atoms with E-state index in [9.17, 15) is 9.59 Å². The first-order valence-electron chi connectivity index (χ1n) is 6.32. The molecular formula is C12H22N2O3. The lowest BCUT2D eigenvalue weighted by Gasteiger charge is -2.20. The van der Waals surface area contributed by atoms with Gasteiger partial charge in [-0.1, -0.05) is 6.92 Å². The molecule has 0 aromatic carbocycles. The Balaban J connectivity index is 2.29. The fraction of sp³-hybridized carbons (Fsp3) is 0.833. The number of ether oxygens (including phenoxy) is 1. The summed E-state index contributed by atoms with van der Waals surface area (Å²) in [5.74, 6) is 0.293. The van der Waals surface area contributed by atoms with Crippen LogP contribution in [-0.4, -0.2) is 43.1 Å². The van der Waals surface area contributed by atoms with Crippen molar-refractivity contribution in [3.63, 3.8) is 0 Å². The van der Waals surface area contributed by atoms with E-state index in [-0.39, 0.29) is 18.5 Å². The zero-order valence-electron chi connectivity index (χ0n) is 10.7. The zero-order valence-corrected chi connectivity index (χ0v) is 10.7. The van der Waals surface area contributed by atoms with Crippen LogP contribution in [0.5, 0.6) is 0 Å². The maximum atomic E-state index is 11.8. The average Bonchev–Trinajstić information content (AvgIpc) is 2.51. The van der Waals surface area contributed by atoms with Crippen molar-refractivity contribution in [1.29, 1.82) is 0 Å². The Bertz CT molecular complexity index is 268. The summed E-state index contributed by atoms with van der Waals surface area (Å²) in [7, 11) is 0. The van der Waals surface area contributed by atoms with Gasteiger partial charge in [-0.05, 0) is 32.1 Å². The molecule has 1 fully saturated rings. The molecule has 0 aliphatic carbocycles. The van der Waals surface area contributed by atoms with E-state index in [0.29, 0.717) is 12.5 Å². The molecular weight excluding hydrogens is 220 g/mol. The Labute approximate surface area is 102 Å². The SMILES string of the molecule is CCOC(=O)CNC(=O)N1CCCC(C)CC1. The molecule has 5 nitrogen and oxygen atoms in total. The molecule has 1 N–H and O–H groups in total. The highest BCUT2D eigenvalue weighted by molar-refractivity contribution is 5.80. The second-order valence-electron chi connectivity index (χ2n) is 4.49. The summed E-state index contributed by atoms with van der Waals surface area (Å²) in [6, 6.07) is -0.160. The van der Waals surface area contributed by atoms with Crippen LogP contribution in [0.4, 0.5) is 4.79 Å². The van der Waals surface area contributed by atoms with Crippen LogP contribution in [0.25, 0.3) is 0 Å². The Kier molecular flexibility index (Phi) is 5.80. The first-order chi connectivity index (χ1) is 8.13. The monoisotopic (exact) mass is 242 g/mol. The highest BCUT2D eigenvalue weighted by Crippen LogP contribution is 2.16. The van der Waals surface area contributed by atoms with Crippen molar-refractivity contribution in [1.82, 2.24) is 10.2 Å². The fourth-order valence-corrected chi connectivity index (χ4v) is 1.94. The molecule has 0 bridgehead atoms. The molecule has 1 aliphatic heterocycles. The third-order valence-electron chi connectivity index (χ3n) is 2.99. The third kappa shape index (κ3) is 5.06. The van der Waals surface area contributed by atoms with Crippen molar-refractivity contribution in [3.05, 3.63) is 0 Å². The molecule has 0 aromatic heterocycles. The minimum atomic E-state index is -0.385. The molecule has 1 unspecified atom stereocenters. The topological polar surface area (TPSA) is 58.6 Å². The van der Waals surface area contributed by atoms with E-state index in [4.69, 9.17) is 4.74 Å². The molecule has 1 rings (SSSR count). The van der Waals surface area contributed by atoms with Gasteiger partial charge < -0.3 is 15.0 Å². The molecule has 1 saturated heterocycles. The molecule has 17 heavy (non-hydrogen) atoms. The Morgan fingerprint density at radius 1 is 1.35 bits per heavy atom. The normalized spacial score (nSPS) is 20.6. The van der Waals surface area contributed by atoms with Gasteiger partial charge >= 0.3 is 12.0 Å². The van der Waals surface area contributed by atoms with Gasteiger partial charge in [-0.15, -0.1) is 0 Å². The number of nitrogens with zero attached hydrogens (tertiary/aromatic N) is 1. The second-order valence-corrected chi connectivity index (χ2v) is 4.49. The van der Waals surface area contributed by atoms with Crippen LogP contribution in [0.3, 0.4) is 0 Å². The van der Waals surface area contributed by atoms with E-state index in [0.717, 1.165) is 25.9 Å². The lowest BCUT2D eigenvalue weighted by atomic mass is 10.0. The van der Waals surface area contributed by atoms with Gasteiger partial charge in [0.15, 0.2) is 0 Å². The highest BCUT2D eigenvalue weighted by atomic mass is 16.5. The summed E-state index contributed by atoms with van der Waals surface area (Å²) >= 11 is 0. The largest absolute Gasteiger partial charge is 0.465 e. The lowest BCUT2D eigenvalue weighted by Crippen LogP contribution is -2.42. The number of likely N-dealkylation sites (tertiary alicyclic amines) is 1. The summed E-state index contributed by atoms with van der Waals surface area (Å²) in [4.78, 5) is 24.6. The number of urea groups is 1. The van der Waals surface area contributed by atoms with Gasteiger partial charge in [-0.2, -0.15) is 0 Å². The summed E-state index contributed by atoms with van der Waals surface area (Å²) in [6.45, 7) is 5.80. The number of amides is 2. The molecule has 1 heterocycles. The molecule has 5 heteroatoms. The van der Waals surface area contributed by atoms with Gasteiger partial charge in [0.2, 0.25) is 0 Å². The quantitative estimate of drug-likeness (QED) is 0.761. The van der Waals surface area contributed by atoms with E-state index in [2.05, 4.69) is 12.2 Å². The van der Waals surface area contributed by atoms with Crippen molar-refractivity contribution in [3.8, 4) is 0 Å². The molecule has 98 valence electrons. The molecule has 0 radical (unpaired) electrons. The minimum Gasteiger partial charge on any atom is -0.465 e. The maximum absolute atomic E-state index is 11.8. The smallest absolute Gasteiger partial charge is 0.325 e.